The number of aryl methyl sites for hydroxylation is 1. The van der Waals surface area contributed by atoms with Gasteiger partial charge in [-0.05, 0) is 82.2 Å². The number of hydrogen-bond acceptors (Lipinski definition) is 6. The van der Waals surface area contributed by atoms with Gasteiger partial charge < -0.3 is 34.1 Å². The molecule has 1 saturated carbocycles. The molecule has 2 atom stereocenters. The molecule has 4 aromatic rings. The Labute approximate surface area is 278 Å². The molecule has 7 rings (SSSR count). The van der Waals surface area contributed by atoms with E-state index in [4.69, 9.17) is 14.5 Å². The fraction of sp³-hybridized carbons (Fsp3) is 0.500. The van der Waals surface area contributed by atoms with Crippen molar-refractivity contribution >= 4 is 39.8 Å². The van der Waals surface area contributed by atoms with E-state index in [1.165, 1.54) is 12.8 Å². The van der Waals surface area contributed by atoms with Gasteiger partial charge in [-0.25, -0.2) is 14.2 Å². The van der Waals surface area contributed by atoms with Gasteiger partial charge in [0.15, 0.2) is 5.82 Å². The van der Waals surface area contributed by atoms with Crippen molar-refractivity contribution in [3.8, 4) is 17.3 Å². The molecule has 3 aliphatic rings. The number of alkyl carbamates (subject to hydrolysis) is 1. The van der Waals surface area contributed by atoms with Crippen LogP contribution in [0.4, 0.5) is 9.18 Å². The van der Waals surface area contributed by atoms with Crippen LogP contribution in [-0.4, -0.2) is 81.5 Å². The summed E-state index contributed by atoms with van der Waals surface area (Å²) in [6, 6.07) is 11.2. The van der Waals surface area contributed by atoms with E-state index in [-0.39, 0.29) is 24.3 Å². The van der Waals surface area contributed by atoms with Gasteiger partial charge in [0, 0.05) is 44.2 Å². The second-order valence-corrected chi connectivity index (χ2v) is 14.4. The maximum absolute atomic E-state index is 13.9. The highest BCUT2D eigenvalue weighted by Gasteiger charge is 2.31. The molecule has 2 aromatic heterocycles. The smallest absolute Gasteiger partial charge is 0.408 e. The Morgan fingerprint density at radius 2 is 1.98 bits per heavy atom. The van der Waals surface area contributed by atoms with E-state index in [2.05, 4.69) is 31.9 Å². The number of alkyl halides is 1. The molecule has 11 nitrogen and oxygen atoms in total. The molecule has 4 heterocycles. The van der Waals surface area contributed by atoms with Crippen molar-refractivity contribution in [2.75, 3.05) is 32.9 Å². The van der Waals surface area contributed by atoms with E-state index in [1.807, 2.05) is 31.3 Å². The lowest BCUT2D eigenvalue weighted by Gasteiger charge is -2.31. The third-order valence-electron chi connectivity index (χ3n) is 9.48. The van der Waals surface area contributed by atoms with Crippen molar-refractivity contribution in [3.05, 3.63) is 47.5 Å². The Morgan fingerprint density at radius 3 is 2.69 bits per heavy atom. The molecule has 254 valence electrons. The lowest BCUT2D eigenvalue weighted by atomic mass is 9.97. The Morgan fingerprint density at radius 1 is 1.17 bits per heavy atom. The van der Waals surface area contributed by atoms with E-state index < -0.39 is 24.4 Å². The van der Waals surface area contributed by atoms with E-state index in [9.17, 15) is 18.8 Å². The van der Waals surface area contributed by atoms with E-state index in [0.29, 0.717) is 43.1 Å². The van der Waals surface area contributed by atoms with Crippen LogP contribution >= 0.6 is 0 Å². The molecule has 2 fully saturated rings. The molecular formula is C36H43FN6O5. The Balaban J connectivity index is 1.18. The first-order valence-electron chi connectivity index (χ1n) is 16.9. The number of aromatic nitrogens is 3. The van der Waals surface area contributed by atoms with Gasteiger partial charge in [0.1, 0.15) is 18.0 Å². The number of imidazole rings is 1. The summed E-state index contributed by atoms with van der Waals surface area (Å²) in [5.74, 6) is 1.80. The molecule has 3 amide bonds. The molecule has 2 N–H and O–H groups in total. The van der Waals surface area contributed by atoms with Gasteiger partial charge in [0.25, 0.3) is 5.91 Å². The summed E-state index contributed by atoms with van der Waals surface area (Å²) >= 11 is 0. The van der Waals surface area contributed by atoms with Gasteiger partial charge in [-0.15, -0.1) is 0 Å². The number of hydrogen-bond donors (Lipinski definition) is 2. The number of para-hydroxylation sites is 1. The van der Waals surface area contributed by atoms with E-state index >= 15 is 0 Å². The minimum absolute atomic E-state index is 0.0383. The first kappa shape index (κ1) is 32.0. The zero-order chi connectivity index (χ0) is 33.7. The summed E-state index contributed by atoms with van der Waals surface area (Å²) in [4.78, 5) is 44.8. The van der Waals surface area contributed by atoms with Crippen molar-refractivity contribution in [3.63, 3.8) is 0 Å². The summed E-state index contributed by atoms with van der Waals surface area (Å²) in [7, 11) is 2.00. The Hall–Kier alpha value is -4.61. The molecule has 0 radical (unpaired) electrons. The number of amides is 3. The van der Waals surface area contributed by atoms with E-state index in [1.54, 1.807) is 25.7 Å². The first-order valence-corrected chi connectivity index (χ1v) is 16.9. The highest BCUT2D eigenvalue weighted by atomic mass is 19.1. The number of rotatable bonds is 10. The average molecular weight is 659 g/mol. The monoisotopic (exact) mass is 658 g/mol. The molecule has 2 aromatic carbocycles. The number of carbonyl (C=O) groups is 3. The molecule has 1 aliphatic carbocycles. The maximum atomic E-state index is 13.9. The normalized spacial score (nSPS) is 18.7. The van der Waals surface area contributed by atoms with Crippen LogP contribution in [-0.2, 0) is 29.5 Å². The number of fused-ring (bicyclic) bond motifs is 3. The van der Waals surface area contributed by atoms with Crippen LogP contribution < -0.4 is 15.4 Å². The van der Waals surface area contributed by atoms with Crippen LogP contribution in [0.3, 0.4) is 0 Å². The quantitative estimate of drug-likeness (QED) is 0.248. The van der Waals surface area contributed by atoms with E-state index in [0.717, 1.165) is 52.2 Å². The van der Waals surface area contributed by atoms with Crippen molar-refractivity contribution in [1.29, 1.82) is 0 Å². The van der Waals surface area contributed by atoms with Crippen LogP contribution in [0, 0.1) is 11.8 Å². The van der Waals surface area contributed by atoms with Gasteiger partial charge in [0.05, 0.1) is 40.8 Å². The number of carbonyl (C=O) groups excluding carboxylic acids is 3. The van der Waals surface area contributed by atoms with Crippen LogP contribution in [0.2, 0.25) is 0 Å². The van der Waals surface area contributed by atoms with Crippen molar-refractivity contribution in [2.24, 2.45) is 18.9 Å². The minimum atomic E-state index is -0.881. The summed E-state index contributed by atoms with van der Waals surface area (Å²) in [6.45, 7) is 6.70. The number of halogens is 1. The third-order valence-corrected chi connectivity index (χ3v) is 9.48. The van der Waals surface area contributed by atoms with Gasteiger partial charge in [-0.3, -0.25) is 9.59 Å². The minimum Gasteiger partial charge on any atom is -0.491 e. The predicted molar refractivity (Wildman–Crippen MR) is 180 cm³/mol. The number of benzene rings is 2. The fourth-order valence-electron chi connectivity index (χ4n) is 6.83. The second kappa shape index (κ2) is 12.4. The molecule has 1 unspecified atom stereocenters. The zero-order valence-electron chi connectivity index (χ0n) is 28.0. The predicted octanol–water partition coefficient (Wildman–Crippen LogP) is 4.98. The first-order chi connectivity index (χ1) is 23.0. The van der Waals surface area contributed by atoms with Crippen molar-refractivity contribution in [2.45, 2.75) is 64.6 Å². The summed E-state index contributed by atoms with van der Waals surface area (Å²) in [6.07, 6.45) is 3.01. The lowest BCUT2D eigenvalue weighted by Crippen LogP contribution is -2.50. The summed E-state index contributed by atoms with van der Waals surface area (Å²) in [5, 5.41) is 6.49. The van der Waals surface area contributed by atoms with Gasteiger partial charge in [-0.2, -0.15) is 0 Å². The Bertz CT molecular complexity index is 1900. The standard InChI is InChI=1S/C36H43FN6O5/c1-36(2,3)48-35(46)39-25(17-37)19-42-13-11-22-14-28-27(16-26(22)34(42)45)40-32(41(28)4)29-15-23-6-5-7-30(31(23)43(29)18-21-8-9-21)47-20-24-10-12-38-33(24)44/h5-7,14-16,21,24-25H,8-13,17-20H2,1-4H3,(H,38,44)(H,39,46)/t24?,25-/m1/s1. The fourth-order valence-corrected chi connectivity index (χ4v) is 6.83. The highest BCUT2D eigenvalue weighted by Crippen LogP contribution is 2.39. The maximum Gasteiger partial charge on any atom is 0.408 e. The number of nitrogens with one attached hydrogen (secondary N) is 2. The van der Waals surface area contributed by atoms with Crippen LogP contribution in [0.15, 0.2) is 36.4 Å². The molecular weight excluding hydrogens is 615 g/mol. The average Bonchev–Trinajstić information content (AvgIpc) is 3.52. The van der Waals surface area contributed by atoms with Gasteiger partial charge in [0.2, 0.25) is 5.91 Å². The Kier molecular flexibility index (Phi) is 8.29. The summed E-state index contributed by atoms with van der Waals surface area (Å²) in [5.41, 5.74) is 4.33. The topological polar surface area (TPSA) is 120 Å². The van der Waals surface area contributed by atoms with Crippen LogP contribution in [0.25, 0.3) is 33.5 Å². The molecule has 2 aliphatic heterocycles. The SMILES string of the molecule is Cn1c(-c2cc3cccc(OCC4CCNC4=O)c3n2CC2CC2)nc2cc3c(cc21)CCN(C[C@@H](CF)NC(=O)OC(C)(C)C)C3=O. The second-order valence-electron chi connectivity index (χ2n) is 14.4. The van der Waals surface area contributed by atoms with Crippen LogP contribution in [0.5, 0.6) is 5.75 Å². The van der Waals surface area contributed by atoms with Crippen molar-refractivity contribution < 1.29 is 28.2 Å². The highest BCUT2D eigenvalue weighted by molar-refractivity contribution is 6.01. The molecule has 48 heavy (non-hydrogen) atoms. The molecule has 1 saturated heterocycles. The largest absolute Gasteiger partial charge is 0.491 e. The van der Waals surface area contributed by atoms with Crippen LogP contribution in [0.1, 0.15) is 56.0 Å². The molecule has 0 bridgehead atoms. The lowest BCUT2D eigenvalue weighted by molar-refractivity contribution is -0.123. The number of ether oxygens (including phenoxy) is 2. The third kappa shape index (κ3) is 6.32. The molecule has 12 heteroatoms. The van der Waals surface area contributed by atoms with Gasteiger partial charge >= 0.3 is 6.09 Å². The summed E-state index contributed by atoms with van der Waals surface area (Å²) < 4.78 is 29.9. The zero-order valence-corrected chi connectivity index (χ0v) is 28.0. The number of nitrogens with zero attached hydrogens (tertiary/aromatic N) is 4. The van der Waals surface area contributed by atoms with Gasteiger partial charge in [-0.1, -0.05) is 12.1 Å². The molecule has 0 spiro atoms. The van der Waals surface area contributed by atoms with Crippen molar-refractivity contribution in [1.82, 2.24) is 29.7 Å².